The van der Waals surface area contributed by atoms with Crippen molar-refractivity contribution in [1.29, 1.82) is 0 Å². The number of hydrogen-bond acceptors (Lipinski definition) is 5. The van der Waals surface area contributed by atoms with Crippen molar-refractivity contribution in [3.05, 3.63) is 58.4 Å². The van der Waals surface area contributed by atoms with Gasteiger partial charge in [0.2, 0.25) is 0 Å². The highest BCUT2D eigenvalue weighted by atomic mass is 32.1. The van der Waals surface area contributed by atoms with Gasteiger partial charge in [-0.25, -0.2) is 4.98 Å². The molecule has 0 aliphatic carbocycles. The van der Waals surface area contributed by atoms with E-state index in [9.17, 15) is 18.0 Å². The van der Waals surface area contributed by atoms with E-state index in [1.807, 2.05) is 17.5 Å². The fourth-order valence-electron chi connectivity index (χ4n) is 2.22. The largest absolute Gasteiger partial charge is 0.573 e. The van der Waals surface area contributed by atoms with Gasteiger partial charge in [-0.2, -0.15) is 0 Å². The predicted octanol–water partition coefficient (Wildman–Crippen LogP) is 5.04. The minimum Gasteiger partial charge on any atom is -0.406 e. The average Bonchev–Trinajstić information content (AvgIpc) is 3.25. The molecule has 0 unspecified atom stereocenters. The molecular formula is C17H13F3N2O2S2. The zero-order valence-electron chi connectivity index (χ0n) is 13.5. The molecule has 136 valence electrons. The van der Waals surface area contributed by atoms with Crippen LogP contribution in [0.5, 0.6) is 5.75 Å². The summed E-state index contributed by atoms with van der Waals surface area (Å²) < 4.78 is 40.3. The van der Waals surface area contributed by atoms with Gasteiger partial charge < -0.3 is 9.64 Å². The van der Waals surface area contributed by atoms with Crippen molar-refractivity contribution in [3.63, 3.8) is 0 Å². The van der Waals surface area contributed by atoms with Crippen molar-refractivity contribution in [2.75, 3.05) is 7.05 Å². The summed E-state index contributed by atoms with van der Waals surface area (Å²) in [5.41, 5.74) is 1.03. The Bertz CT molecular complexity index is 874. The van der Waals surface area contributed by atoms with Crippen molar-refractivity contribution >= 4 is 28.6 Å². The number of ether oxygens (including phenoxy) is 1. The lowest BCUT2D eigenvalue weighted by Crippen LogP contribution is -2.26. The van der Waals surface area contributed by atoms with Gasteiger partial charge >= 0.3 is 6.36 Å². The molecule has 3 rings (SSSR count). The van der Waals surface area contributed by atoms with Gasteiger partial charge in [0.1, 0.15) is 16.5 Å². The zero-order valence-corrected chi connectivity index (χ0v) is 15.1. The minimum absolute atomic E-state index is 0.247. The van der Waals surface area contributed by atoms with Crippen LogP contribution in [0, 0.1) is 0 Å². The van der Waals surface area contributed by atoms with Gasteiger partial charge in [-0.1, -0.05) is 18.2 Å². The van der Waals surface area contributed by atoms with Gasteiger partial charge in [-0.05, 0) is 29.1 Å². The fraction of sp³-hybridized carbons (Fsp3) is 0.176. The molecule has 0 saturated heterocycles. The Hall–Kier alpha value is -2.39. The maximum atomic E-state index is 12.5. The maximum absolute atomic E-state index is 12.5. The second kappa shape index (κ2) is 7.46. The maximum Gasteiger partial charge on any atom is 0.573 e. The molecule has 1 amide bonds. The van der Waals surface area contributed by atoms with Gasteiger partial charge in [0.25, 0.3) is 5.91 Å². The normalized spacial score (nSPS) is 11.4. The molecule has 4 nitrogen and oxygen atoms in total. The fourth-order valence-corrected chi connectivity index (χ4v) is 3.83. The Kier molecular flexibility index (Phi) is 5.28. The summed E-state index contributed by atoms with van der Waals surface area (Å²) in [6, 6.07) is 9.27. The summed E-state index contributed by atoms with van der Waals surface area (Å²) >= 11 is 2.94. The summed E-state index contributed by atoms with van der Waals surface area (Å²) in [4.78, 5) is 19.3. The predicted molar refractivity (Wildman–Crippen MR) is 94.3 cm³/mol. The molecule has 0 spiro atoms. The van der Waals surface area contributed by atoms with Crippen LogP contribution in [0.4, 0.5) is 13.2 Å². The van der Waals surface area contributed by atoms with E-state index >= 15 is 0 Å². The zero-order chi connectivity index (χ0) is 18.7. The number of carbonyl (C=O) groups excluding carboxylic acids is 1. The van der Waals surface area contributed by atoms with Crippen molar-refractivity contribution in [1.82, 2.24) is 9.88 Å². The van der Waals surface area contributed by atoms with Crippen LogP contribution in [0.3, 0.4) is 0 Å². The molecule has 0 N–H and O–H groups in total. The monoisotopic (exact) mass is 398 g/mol. The Labute approximate surface area is 155 Å². The molecule has 9 heteroatoms. The summed E-state index contributed by atoms with van der Waals surface area (Å²) in [6.45, 7) is 0.247. The standard InChI is InChI=1S/C17H13F3N2O2S2/c1-22(9-11-4-6-12(7-5-11)24-17(18,19)20)16(23)13-10-26-15(21-13)14-3-2-8-25-14/h2-8,10H,9H2,1H3. The molecule has 0 fully saturated rings. The first-order chi connectivity index (χ1) is 12.3. The number of benzene rings is 1. The molecule has 0 aliphatic heterocycles. The van der Waals surface area contributed by atoms with E-state index in [0.717, 1.165) is 9.88 Å². The van der Waals surface area contributed by atoms with E-state index < -0.39 is 6.36 Å². The number of thiazole rings is 1. The molecule has 0 saturated carbocycles. The van der Waals surface area contributed by atoms with Crippen LogP contribution < -0.4 is 4.74 Å². The van der Waals surface area contributed by atoms with Crippen molar-refractivity contribution in [2.45, 2.75) is 12.9 Å². The SMILES string of the molecule is CN(Cc1ccc(OC(F)(F)F)cc1)C(=O)c1csc(-c2cccs2)n1. The second-order valence-corrected chi connectivity index (χ2v) is 7.17. The highest BCUT2D eigenvalue weighted by molar-refractivity contribution is 7.20. The molecule has 3 aromatic rings. The van der Waals surface area contributed by atoms with E-state index in [1.54, 1.807) is 23.8 Å². The molecule has 2 heterocycles. The molecule has 2 aromatic heterocycles. The summed E-state index contributed by atoms with van der Waals surface area (Å²) in [5.74, 6) is -0.546. The molecular weight excluding hydrogens is 385 g/mol. The van der Waals surface area contributed by atoms with E-state index in [0.29, 0.717) is 11.3 Å². The summed E-state index contributed by atoms with van der Waals surface area (Å²) in [7, 11) is 1.62. The smallest absolute Gasteiger partial charge is 0.406 e. The van der Waals surface area contributed by atoms with Gasteiger partial charge in [0.15, 0.2) is 0 Å². The lowest BCUT2D eigenvalue weighted by atomic mass is 10.2. The average molecular weight is 398 g/mol. The van der Waals surface area contributed by atoms with E-state index in [1.165, 1.54) is 40.5 Å². The Morgan fingerprint density at radius 3 is 2.54 bits per heavy atom. The van der Waals surface area contributed by atoms with E-state index in [-0.39, 0.29) is 18.2 Å². The number of hydrogen-bond donors (Lipinski definition) is 0. The van der Waals surface area contributed by atoms with Gasteiger partial charge in [-0.3, -0.25) is 4.79 Å². The van der Waals surface area contributed by atoms with Crippen LogP contribution in [0.25, 0.3) is 9.88 Å². The Morgan fingerprint density at radius 2 is 1.92 bits per heavy atom. The summed E-state index contributed by atoms with van der Waals surface area (Å²) in [5, 5.41) is 4.43. The van der Waals surface area contributed by atoms with E-state index in [4.69, 9.17) is 0 Å². The molecule has 0 aliphatic rings. The van der Waals surface area contributed by atoms with Crippen LogP contribution in [0.15, 0.2) is 47.2 Å². The highest BCUT2D eigenvalue weighted by Crippen LogP contribution is 2.28. The van der Waals surface area contributed by atoms with Crippen molar-refractivity contribution in [3.8, 4) is 15.6 Å². The number of carbonyl (C=O) groups is 1. The first kappa shape index (κ1) is 18.4. The Balaban J connectivity index is 1.64. The highest BCUT2D eigenvalue weighted by Gasteiger charge is 2.31. The summed E-state index contributed by atoms with van der Waals surface area (Å²) in [6.07, 6.45) is -4.72. The third kappa shape index (κ3) is 4.61. The lowest BCUT2D eigenvalue weighted by molar-refractivity contribution is -0.274. The van der Waals surface area contributed by atoms with Crippen molar-refractivity contribution in [2.24, 2.45) is 0 Å². The topological polar surface area (TPSA) is 42.4 Å². The number of thiophene rings is 1. The number of rotatable bonds is 5. The van der Waals surface area contributed by atoms with Crippen molar-refractivity contribution < 1.29 is 22.7 Å². The Morgan fingerprint density at radius 1 is 1.19 bits per heavy atom. The minimum atomic E-state index is -4.72. The third-order valence-electron chi connectivity index (χ3n) is 3.38. The van der Waals surface area contributed by atoms with Crippen LogP contribution in [0.2, 0.25) is 0 Å². The molecule has 26 heavy (non-hydrogen) atoms. The first-order valence-electron chi connectivity index (χ1n) is 7.41. The van der Waals surface area contributed by atoms with Crippen LogP contribution >= 0.6 is 22.7 Å². The van der Waals surface area contributed by atoms with E-state index in [2.05, 4.69) is 9.72 Å². The van der Waals surface area contributed by atoms with Crippen LogP contribution in [-0.2, 0) is 6.54 Å². The van der Waals surface area contributed by atoms with Crippen LogP contribution in [0.1, 0.15) is 16.1 Å². The third-order valence-corrected chi connectivity index (χ3v) is 5.26. The molecule has 0 bridgehead atoms. The lowest BCUT2D eigenvalue weighted by Gasteiger charge is -2.16. The number of nitrogens with zero attached hydrogens (tertiary/aromatic N) is 2. The quantitative estimate of drug-likeness (QED) is 0.605. The first-order valence-corrected chi connectivity index (χ1v) is 9.17. The number of amides is 1. The molecule has 0 atom stereocenters. The van der Waals surface area contributed by atoms with Gasteiger partial charge in [0, 0.05) is 19.0 Å². The van der Waals surface area contributed by atoms with Gasteiger partial charge in [-0.15, -0.1) is 35.8 Å². The molecule has 1 aromatic carbocycles. The second-order valence-electron chi connectivity index (χ2n) is 5.37. The number of alkyl halides is 3. The van der Waals surface area contributed by atoms with Gasteiger partial charge in [0.05, 0.1) is 4.88 Å². The molecule has 0 radical (unpaired) electrons. The number of aromatic nitrogens is 1. The van der Waals surface area contributed by atoms with Crippen LogP contribution in [-0.4, -0.2) is 29.2 Å². The number of halogens is 3.